The Hall–Kier alpha value is -0.260. The van der Waals surface area contributed by atoms with E-state index in [1.54, 1.807) is 6.08 Å². The van der Waals surface area contributed by atoms with E-state index in [-0.39, 0.29) is 33.0 Å². The van der Waals surface area contributed by atoms with Gasteiger partial charge in [-0.3, -0.25) is 0 Å². The first kappa shape index (κ1) is 12.7. The Bertz CT molecular complexity index is 192. The minimum Gasteiger partial charge on any atom is -0.464 e. The van der Waals surface area contributed by atoms with Gasteiger partial charge in [-0.2, -0.15) is 0 Å². The van der Waals surface area contributed by atoms with Crippen molar-refractivity contribution in [2.45, 2.75) is 25.8 Å². The van der Waals surface area contributed by atoms with Gasteiger partial charge < -0.3 is 4.74 Å². The molecular weight excluding hydrogens is 281 g/mol. The summed E-state index contributed by atoms with van der Waals surface area (Å²) in [6.45, 7) is 5.85. The summed E-state index contributed by atoms with van der Waals surface area (Å²) in [6.07, 6.45) is 3.35. The summed E-state index contributed by atoms with van der Waals surface area (Å²) in [5.74, 6) is -0.189. The third kappa shape index (κ3) is 5.90. The molecule has 4 heteroatoms. The van der Waals surface area contributed by atoms with Crippen molar-refractivity contribution in [1.29, 1.82) is 0 Å². The summed E-state index contributed by atoms with van der Waals surface area (Å²) in [6, 6.07) is -0.254. The third-order valence-corrected chi connectivity index (χ3v) is 2.65. The Morgan fingerprint density at radius 3 is 2.92 bits per heavy atom. The van der Waals surface area contributed by atoms with Gasteiger partial charge in [0.15, 0.2) is 6.04 Å². The summed E-state index contributed by atoms with van der Waals surface area (Å²) in [4.78, 5) is 13.3. The predicted molar refractivity (Wildman–Crippen MR) is 62.2 cm³/mol. The van der Waals surface area contributed by atoms with Crippen molar-refractivity contribution >= 4 is 27.0 Å². The zero-order valence-corrected chi connectivity index (χ0v) is 10.3. The van der Waals surface area contributed by atoms with Crippen LogP contribution in [-0.2, 0) is 9.53 Å². The number of carbonyl (C=O) groups excluding carboxylic acids is 1. The summed E-state index contributed by atoms with van der Waals surface area (Å²) < 4.78 is 9.17. The highest BCUT2D eigenvalue weighted by Crippen LogP contribution is 2.09. The van der Waals surface area contributed by atoms with Crippen molar-refractivity contribution in [2.24, 2.45) is 3.15 Å². The van der Waals surface area contributed by atoms with E-state index in [1.165, 1.54) is 0 Å². The van der Waals surface area contributed by atoms with Crippen molar-refractivity contribution in [3.63, 3.8) is 0 Å². The van der Waals surface area contributed by atoms with E-state index < -0.39 is 0 Å². The van der Waals surface area contributed by atoms with Gasteiger partial charge in [0.05, 0.1) is 6.61 Å². The number of allylic oxidation sites excluding steroid dienone is 1. The van der Waals surface area contributed by atoms with Crippen LogP contribution in [-0.4, -0.2) is 23.5 Å². The van der Waals surface area contributed by atoms with Crippen LogP contribution in [0.25, 0.3) is 0 Å². The highest BCUT2D eigenvalue weighted by Gasteiger charge is 2.16. The molecule has 0 aliphatic heterocycles. The summed E-state index contributed by atoms with van der Waals surface area (Å²) in [7, 11) is 0. The quantitative estimate of drug-likeness (QED) is 0.327. The van der Waals surface area contributed by atoms with Gasteiger partial charge in [-0.15, -0.1) is 6.58 Å². The van der Waals surface area contributed by atoms with E-state index in [2.05, 4.69) is 9.72 Å². The van der Waals surface area contributed by atoms with E-state index in [0.717, 1.165) is 12.8 Å². The number of alkyl halides is 1. The zero-order valence-electron chi connectivity index (χ0n) is 8.12. The average Bonchev–Trinajstić information content (AvgIpc) is 2.12. The predicted octanol–water partition coefficient (Wildman–Crippen LogP) is 2.67. The molecule has 0 N–H and O–H groups in total. The number of ether oxygens (including phenoxy) is 1. The van der Waals surface area contributed by atoms with Gasteiger partial charge in [0.2, 0.25) is 0 Å². The molecule has 0 radical (unpaired) electrons. The normalized spacial score (nSPS) is 13.4. The van der Waals surface area contributed by atoms with Crippen LogP contribution >= 0.6 is 21.0 Å². The SMILES string of the molecule is C=CCCC(N=IC)C(=O)OCC. The molecule has 0 bridgehead atoms. The fourth-order valence-corrected chi connectivity index (χ4v) is 2.02. The van der Waals surface area contributed by atoms with Crippen LogP contribution in [0.4, 0.5) is 0 Å². The van der Waals surface area contributed by atoms with Gasteiger partial charge >= 0.3 is 5.97 Å². The molecule has 1 atom stereocenters. The molecule has 0 spiro atoms. The van der Waals surface area contributed by atoms with Gasteiger partial charge in [0.25, 0.3) is 0 Å². The molecular formula is C9H16INO2. The number of esters is 1. The van der Waals surface area contributed by atoms with Gasteiger partial charge in [-0.25, -0.2) is 7.94 Å². The van der Waals surface area contributed by atoms with Crippen LogP contribution in [0.3, 0.4) is 0 Å². The number of halogens is 1. The van der Waals surface area contributed by atoms with Gasteiger partial charge in [0.1, 0.15) is 0 Å². The van der Waals surface area contributed by atoms with Crippen molar-refractivity contribution in [1.82, 2.24) is 0 Å². The molecule has 76 valence electrons. The fourth-order valence-electron chi connectivity index (χ4n) is 0.838. The molecule has 1 unspecified atom stereocenters. The standard InChI is InChI=1S/C9H16INO2/c1-4-6-7-8(11-10-3)9(12)13-5-2/h4,8H,1,5-7H2,2-3H3. The lowest BCUT2D eigenvalue weighted by atomic mass is 10.2. The summed E-state index contributed by atoms with van der Waals surface area (Å²) in [5.41, 5.74) is 0. The maximum absolute atomic E-state index is 11.3. The lowest BCUT2D eigenvalue weighted by Gasteiger charge is -2.08. The molecule has 0 aromatic heterocycles. The first-order chi connectivity index (χ1) is 6.26. The minimum atomic E-state index is -0.254. The van der Waals surface area contributed by atoms with E-state index in [1.807, 2.05) is 11.9 Å². The average molecular weight is 297 g/mol. The highest BCUT2D eigenvalue weighted by molar-refractivity contribution is 14.2. The lowest BCUT2D eigenvalue weighted by molar-refractivity contribution is -0.144. The number of carbonyl (C=O) groups is 1. The van der Waals surface area contributed by atoms with Crippen LogP contribution in [0.15, 0.2) is 15.8 Å². The smallest absolute Gasteiger partial charge is 0.331 e. The molecule has 0 aliphatic rings. The van der Waals surface area contributed by atoms with E-state index >= 15 is 0 Å². The van der Waals surface area contributed by atoms with Crippen LogP contribution in [0, 0.1) is 0 Å². The summed E-state index contributed by atoms with van der Waals surface area (Å²) >= 11 is -0.206. The highest BCUT2D eigenvalue weighted by atomic mass is 127. The van der Waals surface area contributed by atoms with Crippen molar-refractivity contribution < 1.29 is 9.53 Å². The second-order valence-electron chi connectivity index (χ2n) is 2.40. The molecule has 0 amide bonds. The Morgan fingerprint density at radius 2 is 2.46 bits per heavy atom. The Morgan fingerprint density at radius 1 is 1.77 bits per heavy atom. The van der Waals surface area contributed by atoms with Crippen LogP contribution in [0.2, 0.25) is 0 Å². The monoisotopic (exact) mass is 297 g/mol. The second kappa shape index (κ2) is 8.34. The maximum atomic E-state index is 11.3. The summed E-state index contributed by atoms with van der Waals surface area (Å²) in [5, 5.41) is 0. The van der Waals surface area contributed by atoms with E-state index in [4.69, 9.17) is 4.74 Å². The van der Waals surface area contributed by atoms with Crippen molar-refractivity contribution in [3.05, 3.63) is 12.7 Å². The minimum absolute atomic E-state index is 0.189. The molecule has 0 aromatic carbocycles. The van der Waals surface area contributed by atoms with E-state index in [9.17, 15) is 4.79 Å². The molecule has 0 saturated carbocycles. The van der Waals surface area contributed by atoms with Gasteiger partial charge in [0, 0.05) is 0 Å². The third-order valence-electron chi connectivity index (χ3n) is 1.42. The number of hydrogen-bond donors (Lipinski definition) is 0. The maximum Gasteiger partial charge on any atom is 0.331 e. The molecule has 0 aliphatic carbocycles. The van der Waals surface area contributed by atoms with Crippen molar-refractivity contribution in [3.8, 4) is 0 Å². The zero-order chi connectivity index (χ0) is 10.1. The Labute approximate surface area is 89.7 Å². The first-order valence-corrected chi connectivity index (χ1v) is 7.35. The van der Waals surface area contributed by atoms with Crippen LogP contribution in [0.5, 0.6) is 0 Å². The molecule has 0 fully saturated rings. The first-order valence-electron chi connectivity index (χ1n) is 4.22. The number of rotatable bonds is 6. The second-order valence-corrected chi connectivity index (χ2v) is 3.92. The molecule has 0 rings (SSSR count). The number of nitrogens with zero attached hydrogens (tertiary/aromatic N) is 1. The largest absolute Gasteiger partial charge is 0.464 e. The molecule has 0 aromatic rings. The topological polar surface area (TPSA) is 38.7 Å². The van der Waals surface area contributed by atoms with Crippen LogP contribution in [0.1, 0.15) is 19.8 Å². The van der Waals surface area contributed by atoms with E-state index in [0.29, 0.717) is 6.61 Å². The lowest BCUT2D eigenvalue weighted by Crippen LogP contribution is -2.20. The molecule has 3 nitrogen and oxygen atoms in total. The molecule has 0 saturated heterocycles. The van der Waals surface area contributed by atoms with Gasteiger partial charge in [-0.05, 0) is 45.7 Å². The molecule has 13 heavy (non-hydrogen) atoms. The van der Waals surface area contributed by atoms with Gasteiger partial charge in [-0.1, -0.05) is 6.08 Å². The van der Waals surface area contributed by atoms with Crippen molar-refractivity contribution in [2.75, 3.05) is 11.5 Å². The Balaban J connectivity index is 4.05. The van der Waals surface area contributed by atoms with Crippen LogP contribution < -0.4 is 0 Å². The number of hydrogen-bond acceptors (Lipinski definition) is 3. The molecule has 0 heterocycles. The fraction of sp³-hybridized carbons (Fsp3) is 0.667. The Kier molecular flexibility index (Phi) is 8.18.